The Balaban J connectivity index is 1.89. The van der Waals surface area contributed by atoms with Crippen LogP contribution in [-0.2, 0) is 33.3 Å². The lowest BCUT2D eigenvalue weighted by molar-refractivity contribution is -0.221. The molecule has 0 bridgehead atoms. The van der Waals surface area contributed by atoms with Crippen LogP contribution in [0.5, 0.6) is 0 Å². The highest BCUT2D eigenvalue weighted by molar-refractivity contribution is 5.74. The zero-order valence-corrected chi connectivity index (χ0v) is 14.8. The summed E-state index contributed by atoms with van der Waals surface area (Å²) in [6.45, 7) is 3.95. The third-order valence-electron chi connectivity index (χ3n) is 4.97. The minimum Gasteiger partial charge on any atom is -0.457 e. The van der Waals surface area contributed by atoms with Crippen LogP contribution in [0, 0.1) is 0 Å². The second-order valence-corrected chi connectivity index (χ2v) is 7.01. The van der Waals surface area contributed by atoms with Crippen LogP contribution in [0.25, 0.3) is 0 Å². The summed E-state index contributed by atoms with van der Waals surface area (Å²) in [7, 11) is 0. The van der Waals surface area contributed by atoms with E-state index in [9.17, 15) is 14.4 Å². The third-order valence-corrected chi connectivity index (χ3v) is 4.97. The Morgan fingerprint density at radius 1 is 0.880 bits per heavy atom. The number of esters is 2. The van der Waals surface area contributed by atoms with Crippen molar-refractivity contribution < 1.29 is 33.3 Å². The normalized spacial score (nSPS) is 33.7. The van der Waals surface area contributed by atoms with Crippen LogP contribution in [0.3, 0.4) is 0 Å². The lowest BCUT2D eigenvalue weighted by Crippen LogP contribution is -2.52. The zero-order valence-electron chi connectivity index (χ0n) is 14.8. The van der Waals surface area contributed by atoms with Gasteiger partial charge in [-0.3, -0.25) is 14.4 Å². The number of hydrogen-bond donors (Lipinski definition) is 1. The van der Waals surface area contributed by atoms with Crippen molar-refractivity contribution in [2.75, 3.05) is 0 Å². The quantitative estimate of drug-likeness (QED) is 0.748. The average molecular weight is 355 g/mol. The van der Waals surface area contributed by atoms with Crippen LogP contribution in [0.4, 0.5) is 0 Å². The molecule has 1 aliphatic heterocycles. The van der Waals surface area contributed by atoms with Crippen LogP contribution >= 0.6 is 0 Å². The molecule has 8 nitrogen and oxygen atoms in total. The fraction of sp³-hybridized carbons (Fsp3) is 0.824. The second kappa shape index (κ2) is 6.92. The smallest absolute Gasteiger partial charge is 0.303 e. The van der Waals surface area contributed by atoms with Crippen LogP contribution in [-0.4, -0.2) is 54.1 Å². The fourth-order valence-corrected chi connectivity index (χ4v) is 4.15. The molecule has 25 heavy (non-hydrogen) atoms. The van der Waals surface area contributed by atoms with Gasteiger partial charge in [0.15, 0.2) is 18.0 Å². The topological polar surface area (TPSA) is 100 Å². The lowest BCUT2D eigenvalue weighted by atomic mass is 9.94. The number of carbonyl (C=O) groups is 3. The summed E-state index contributed by atoms with van der Waals surface area (Å²) < 4.78 is 23.3. The predicted molar refractivity (Wildman–Crippen MR) is 84.3 cm³/mol. The molecule has 3 rings (SSSR count). The van der Waals surface area contributed by atoms with Crippen molar-refractivity contribution >= 4 is 17.8 Å². The first-order chi connectivity index (χ1) is 11.8. The van der Waals surface area contributed by atoms with Crippen LogP contribution in [0.2, 0.25) is 0 Å². The standard InChI is InChI=1S/C17H25NO7/c1-9(19)18-12-13(22-10(2)20)15-16(14(12)23-11(3)21)25-17(24-15)7-5-4-6-8-17/h12-16H,4-8H2,1-3H3,(H,18,19)/t12?,13-,14-,15-,16+/m1/s1. The van der Waals surface area contributed by atoms with E-state index in [2.05, 4.69) is 5.32 Å². The van der Waals surface area contributed by atoms with Gasteiger partial charge in [0.25, 0.3) is 0 Å². The van der Waals surface area contributed by atoms with Crippen molar-refractivity contribution in [1.29, 1.82) is 0 Å². The number of nitrogens with one attached hydrogen (secondary N) is 1. The molecule has 1 N–H and O–H groups in total. The van der Waals surface area contributed by atoms with Gasteiger partial charge in [-0.2, -0.15) is 0 Å². The van der Waals surface area contributed by atoms with Gasteiger partial charge < -0.3 is 24.3 Å². The van der Waals surface area contributed by atoms with Gasteiger partial charge in [0, 0.05) is 33.6 Å². The van der Waals surface area contributed by atoms with Crippen molar-refractivity contribution in [3.05, 3.63) is 0 Å². The molecule has 3 aliphatic rings. The third kappa shape index (κ3) is 3.64. The first-order valence-corrected chi connectivity index (χ1v) is 8.78. The first-order valence-electron chi connectivity index (χ1n) is 8.78. The highest BCUT2D eigenvalue weighted by Crippen LogP contribution is 2.47. The van der Waals surface area contributed by atoms with Crippen molar-refractivity contribution in [3.63, 3.8) is 0 Å². The maximum atomic E-state index is 11.6. The summed E-state index contributed by atoms with van der Waals surface area (Å²) in [4.78, 5) is 34.8. The lowest BCUT2D eigenvalue weighted by Gasteiger charge is -2.35. The number of fused-ring (bicyclic) bond motifs is 1. The molecule has 1 heterocycles. The average Bonchev–Trinajstić information content (AvgIpc) is 2.97. The number of carbonyl (C=O) groups excluding carboxylic acids is 3. The van der Waals surface area contributed by atoms with Gasteiger partial charge in [0.05, 0.1) is 0 Å². The molecule has 140 valence electrons. The van der Waals surface area contributed by atoms with Gasteiger partial charge in [-0.25, -0.2) is 0 Å². The van der Waals surface area contributed by atoms with Crippen molar-refractivity contribution in [2.45, 2.75) is 89.1 Å². The van der Waals surface area contributed by atoms with Crippen LogP contribution in [0.1, 0.15) is 52.9 Å². The number of rotatable bonds is 3. The van der Waals surface area contributed by atoms with E-state index < -0.39 is 48.2 Å². The summed E-state index contributed by atoms with van der Waals surface area (Å²) in [5, 5.41) is 2.72. The van der Waals surface area contributed by atoms with Gasteiger partial charge >= 0.3 is 11.9 Å². The van der Waals surface area contributed by atoms with Gasteiger partial charge in [-0.1, -0.05) is 6.42 Å². The Bertz CT molecular complexity index is 523. The molecular formula is C17H25NO7. The van der Waals surface area contributed by atoms with E-state index in [-0.39, 0.29) is 5.91 Å². The molecule has 0 radical (unpaired) electrons. The summed E-state index contributed by atoms with van der Waals surface area (Å²) in [6.07, 6.45) is 1.92. The summed E-state index contributed by atoms with van der Waals surface area (Å²) in [6, 6.07) is -0.707. The molecule has 2 aliphatic carbocycles. The van der Waals surface area contributed by atoms with Crippen LogP contribution < -0.4 is 5.32 Å². The Kier molecular flexibility index (Phi) is 5.02. The van der Waals surface area contributed by atoms with E-state index in [1.165, 1.54) is 20.8 Å². The largest absolute Gasteiger partial charge is 0.457 e. The molecule has 5 atom stereocenters. The molecular weight excluding hydrogens is 330 g/mol. The minimum atomic E-state index is -0.767. The molecule has 3 fully saturated rings. The van der Waals surface area contributed by atoms with Crippen molar-refractivity contribution in [1.82, 2.24) is 5.32 Å². The molecule has 8 heteroatoms. The van der Waals surface area contributed by atoms with Gasteiger partial charge in [-0.05, 0) is 12.8 Å². The number of amides is 1. The van der Waals surface area contributed by atoms with Crippen LogP contribution in [0.15, 0.2) is 0 Å². The molecule has 0 aromatic carbocycles. The van der Waals surface area contributed by atoms with Crippen molar-refractivity contribution in [2.24, 2.45) is 0 Å². The Hall–Kier alpha value is -1.67. The predicted octanol–water partition coefficient (Wildman–Crippen LogP) is 0.812. The van der Waals surface area contributed by atoms with E-state index in [0.29, 0.717) is 0 Å². The molecule has 1 amide bonds. The van der Waals surface area contributed by atoms with Gasteiger partial charge in [-0.15, -0.1) is 0 Å². The summed E-state index contributed by atoms with van der Waals surface area (Å²) in [5.41, 5.74) is 0. The van der Waals surface area contributed by atoms with E-state index >= 15 is 0 Å². The molecule has 1 spiro atoms. The molecule has 0 aromatic rings. The highest BCUT2D eigenvalue weighted by Gasteiger charge is 2.64. The second-order valence-electron chi connectivity index (χ2n) is 7.01. The maximum Gasteiger partial charge on any atom is 0.303 e. The van der Waals surface area contributed by atoms with E-state index in [1.54, 1.807) is 0 Å². The Morgan fingerprint density at radius 2 is 1.36 bits per heavy atom. The minimum absolute atomic E-state index is 0.313. The summed E-state index contributed by atoms with van der Waals surface area (Å²) in [5.74, 6) is -2.01. The molecule has 2 saturated carbocycles. The maximum absolute atomic E-state index is 11.6. The van der Waals surface area contributed by atoms with Gasteiger partial charge in [0.1, 0.15) is 18.2 Å². The Labute approximate surface area is 146 Å². The zero-order chi connectivity index (χ0) is 18.2. The van der Waals surface area contributed by atoms with Gasteiger partial charge in [0.2, 0.25) is 5.91 Å². The fourth-order valence-electron chi connectivity index (χ4n) is 4.15. The number of hydrogen-bond acceptors (Lipinski definition) is 7. The first kappa shape index (κ1) is 18.1. The highest BCUT2D eigenvalue weighted by atomic mass is 16.8. The molecule has 1 saturated heterocycles. The monoisotopic (exact) mass is 355 g/mol. The molecule has 1 unspecified atom stereocenters. The molecule has 0 aromatic heterocycles. The SMILES string of the molecule is CC(=O)NC1[C@@H](OC(C)=O)[C@@H]2OC3(CCCCC3)O[C@@H]2[C@@H]1OC(C)=O. The summed E-state index contributed by atoms with van der Waals surface area (Å²) >= 11 is 0. The van der Waals surface area contributed by atoms with Crippen molar-refractivity contribution in [3.8, 4) is 0 Å². The van der Waals surface area contributed by atoms with E-state index in [0.717, 1.165) is 32.1 Å². The number of ether oxygens (including phenoxy) is 4. The Morgan fingerprint density at radius 3 is 1.76 bits per heavy atom. The van der Waals surface area contributed by atoms with E-state index in [1.807, 2.05) is 0 Å². The van der Waals surface area contributed by atoms with E-state index in [4.69, 9.17) is 18.9 Å².